The molecule has 1 aliphatic heterocycles. The van der Waals surface area contributed by atoms with Crippen LogP contribution in [0.2, 0.25) is 0 Å². The van der Waals surface area contributed by atoms with E-state index in [-0.39, 0.29) is 0 Å². The molecule has 2 nitrogen and oxygen atoms in total. The van der Waals surface area contributed by atoms with E-state index < -0.39 is 0 Å². The molecule has 1 heterocycles. The lowest BCUT2D eigenvalue weighted by Gasteiger charge is -2.29. The van der Waals surface area contributed by atoms with Gasteiger partial charge in [0.05, 0.1) is 13.2 Å². The fourth-order valence-electron chi connectivity index (χ4n) is 1.43. The predicted octanol–water partition coefficient (Wildman–Crippen LogP) is 3.38. The number of hydrogen-bond donors (Lipinski definition) is 0. The minimum Gasteiger partial charge on any atom is -0.378 e. The van der Waals surface area contributed by atoms with E-state index in [2.05, 4.69) is 30.6 Å². The van der Waals surface area contributed by atoms with E-state index in [1.165, 1.54) is 5.70 Å². The molecular formula is C14H25NO. The lowest BCUT2D eigenvalue weighted by atomic mass is 10.2. The molecule has 1 fully saturated rings. The van der Waals surface area contributed by atoms with Crippen molar-refractivity contribution < 1.29 is 4.74 Å². The molecule has 16 heavy (non-hydrogen) atoms. The van der Waals surface area contributed by atoms with E-state index in [1.807, 2.05) is 26.8 Å². The maximum absolute atomic E-state index is 5.31. The summed E-state index contributed by atoms with van der Waals surface area (Å²) in [5.41, 5.74) is 2.34. The van der Waals surface area contributed by atoms with E-state index in [0.717, 1.165) is 31.9 Å². The molecule has 0 saturated carbocycles. The summed E-state index contributed by atoms with van der Waals surface area (Å²) >= 11 is 0. The quantitative estimate of drug-likeness (QED) is 0.680. The van der Waals surface area contributed by atoms with Gasteiger partial charge in [-0.1, -0.05) is 38.2 Å². The highest BCUT2D eigenvalue weighted by atomic mass is 16.5. The topological polar surface area (TPSA) is 12.5 Å². The third kappa shape index (κ3) is 5.76. The first-order chi connectivity index (χ1) is 7.74. The molecule has 2 heteroatoms. The van der Waals surface area contributed by atoms with Crippen molar-refractivity contribution in [1.29, 1.82) is 0 Å². The van der Waals surface area contributed by atoms with Gasteiger partial charge in [-0.15, -0.1) is 0 Å². The Morgan fingerprint density at radius 3 is 2.19 bits per heavy atom. The Bertz CT molecular complexity index is 247. The van der Waals surface area contributed by atoms with Crippen LogP contribution in [0, 0.1) is 0 Å². The lowest BCUT2D eigenvalue weighted by molar-refractivity contribution is 0.0553. The van der Waals surface area contributed by atoms with Crippen LogP contribution in [0.1, 0.15) is 27.7 Å². The molecule has 1 aliphatic rings. The monoisotopic (exact) mass is 223 g/mol. The smallest absolute Gasteiger partial charge is 0.0642 e. The zero-order valence-corrected chi connectivity index (χ0v) is 11.1. The molecule has 0 unspecified atom stereocenters. The highest BCUT2D eigenvalue weighted by Crippen LogP contribution is 2.09. The standard InChI is InChI=1S/C12H19NO.C2H6/c1-4-12(6-5-11(2)3)13-7-9-14-10-8-13;1-2/h4-6H,2,7-10H2,1,3H3;1-2H3/b6-5-,12-4+;. The predicted molar refractivity (Wildman–Crippen MR) is 71.5 cm³/mol. The lowest BCUT2D eigenvalue weighted by Crippen LogP contribution is -2.35. The second-order valence-corrected chi connectivity index (χ2v) is 3.49. The van der Waals surface area contributed by atoms with Gasteiger partial charge in [-0.3, -0.25) is 0 Å². The van der Waals surface area contributed by atoms with Crippen LogP contribution in [0.25, 0.3) is 0 Å². The second-order valence-electron chi connectivity index (χ2n) is 3.49. The number of ether oxygens (including phenoxy) is 1. The third-order valence-corrected chi connectivity index (χ3v) is 2.21. The first-order valence-corrected chi connectivity index (χ1v) is 6.06. The molecular weight excluding hydrogens is 198 g/mol. The normalized spacial score (nSPS) is 17.0. The summed E-state index contributed by atoms with van der Waals surface area (Å²) in [5, 5.41) is 0. The van der Waals surface area contributed by atoms with Crippen LogP contribution in [0.5, 0.6) is 0 Å². The summed E-state index contributed by atoms with van der Waals surface area (Å²) in [7, 11) is 0. The fraction of sp³-hybridized carbons (Fsp3) is 0.571. The van der Waals surface area contributed by atoms with Crippen molar-refractivity contribution in [3.63, 3.8) is 0 Å². The van der Waals surface area contributed by atoms with Crippen LogP contribution >= 0.6 is 0 Å². The Labute approximate surface area is 100 Å². The van der Waals surface area contributed by atoms with Crippen molar-refractivity contribution >= 4 is 0 Å². The van der Waals surface area contributed by atoms with Gasteiger partial charge in [-0.2, -0.15) is 0 Å². The van der Waals surface area contributed by atoms with Gasteiger partial charge < -0.3 is 9.64 Å². The van der Waals surface area contributed by atoms with Crippen LogP contribution < -0.4 is 0 Å². The first kappa shape index (κ1) is 15.0. The molecule has 1 saturated heterocycles. The van der Waals surface area contributed by atoms with Gasteiger partial charge in [0, 0.05) is 18.8 Å². The molecule has 0 N–H and O–H groups in total. The highest BCUT2D eigenvalue weighted by molar-refractivity contribution is 5.24. The van der Waals surface area contributed by atoms with E-state index in [0.29, 0.717) is 0 Å². The van der Waals surface area contributed by atoms with Crippen molar-refractivity contribution in [1.82, 2.24) is 4.90 Å². The van der Waals surface area contributed by atoms with Gasteiger partial charge in [0.2, 0.25) is 0 Å². The zero-order chi connectivity index (χ0) is 12.4. The van der Waals surface area contributed by atoms with Gasteiger partial charge in [0.25, 0.3) is 0 Å². The van der Waals surface area contributed by atoms with Gasteiger partial charge in [0.1, 0.15) is 0 Å². The summed E-state index contributed by atoms with van der Waals surface area (Å²) in [4.78, 5) is 2.34. The van der Waals surface area contributed by atoms with Crippen molar-refractivity contribution in [2.45, 2.75) is 27.7 Å². The molecule has 1 rings (SSSR count). The average molecular weight is 223 g/mol. The molecule has 0 aliphatic carbocycles. The maximum Gasteiger partial charge on any atom is 0.0642 e. The van der Waals surface area contributed by atoms with Crippen LogP contribution in [0.4, 0.5) is 0 Å². The minimum atomic E-state index is 0.832. The Hall–Kier alpha value is -1.02. The molecule has 0 atom stereocenters. The number of morpholine rings is 1. The summed E-state index contributed by atoms with van der Waals surface area (Å²) < 4.78 is 5.31. The number of rotatable bonds is 3. The Morgan fingerprint density at radius 1 is 1.19 bits per heavy atom. The highest BCUT2D eigenvalue weighted by Gasteiger charge is 2.10. The molecule has 0 aromatic rings. The van der Waals surface area contributed by atoms with Gasteiger partial charge in [-0.25, -0.2) is 0 Å². The molecule has 0 amide bonds. The molecule has 92 valence electrons. The summed E-state index contributed by atoms with van der Waals surface area (Å²) in [6.45, 7) is 15.6. The zero-order valence-electron chi connectivity index (χ0n) is 11.1. The third-order valence-electron chi connectivity index (χ3n) is 2.21. The van der Waals surface area contributed by atoms with Crippen molar-refractivity contribution in [2.24, 2.45) is 0 Å². The van der Waals surface area contributed by atoms with Crippen molar-refractivity contribution in [3.05, 3.63) is 36.1 Å². The maximum atomic E-state index is 5.31. The Kier molecular flexibility index (Phi) is 8.64. The minimum absolute atomic E-state index is 0.832. The van der Waals surface area contributed by atoms with E-state index in [1.54, 1.807) is 0 Å². The largest absolute Gasteiger partial charge is 0.378 e. The van der Waals surface area contributed by atoms with Crippen molar-refractivity contribution in [2.75, 3.05) is 26.3 Å². The van der Waals surface area contributed by atoms with Crippen LogP contribution in [-0.4, -0.2) is 31.2 Å². The summed E-state index contributed by atoms with van der Waals surface area (Å²) in [5.74, 6) is 0. The molecule has 0 bridgehead atoms. The summed E-state index contributed by atoms with van der Waals surface area (Å²) in [6.07, 6.45) is 6.29. The molecule has 0 aromatic carbocycles. The van der Waals surface area contributed by atoms with Gasteiger partial charge in [-0.05, 0) is 19.9 Å². The van der Waals surface area contributed by atoms with Crippen LogP contribution in [0.15, 0.2) is 36.1 Å². The SMILES string of the molecule is C=C(C)/C=C\C(=C/C)N1CCOCC1.CC. The van der Waals surface area contributed by atoms with E-state index >= 15 is 0 Å². The second kappa shape index (κ2) is 9.22. The van der Waals surface area contributed by atoms with Crippen LogP contribution in [-0.2, 0) is 4.74 Å². The Morgan fingerprint density at radius 2 is 1.75 bits per heavy atom. The first-order valence-electron chi connectivity index (χ1n) is 6.06. The molecule has 0 aromatic heterocycles. The van der Waals surface area contributed by atoms with Crippen LogP contribution in [0.3, 0.4) is 0 Å². The Balaban J connectivity index is 0.00000106. The number of nitrogens with zero attached hydrogens (tertiary/aromatic N) is 1. The molecule has 0 radical (unpaired) electrons. The number of allylic oxidation sites excluding steroid dienone is 4. The van der Waals surface area contributed by atoms with Crippen molar-refractivity contribution in [3.8, 4) is 0 Å². The number of hydrogen-bond acceptors (Lipinski definition) is 2. The van der Waals surface area contributed by atoms with Gasteiger partial charge >= 0.3 is 0 Å². The fourth-order valence-corrected chi connectivity index (χ4v) is 1.43. The average Bonchev–Trinajstić information content (AvgIpc) is 2.33. The summed E-state index contributed by atoms with van der Waals surface area (Å²) in [6, 6.07) is 0. The van der Waals surface area contributed by atoms with E-state index in [9.17, 15) is 0 Å². The molecule has 0 spiro atoms. The van der Waals surface area contributed by atoms with E-state index in [4.69, 9.17) is 4.74 Å². The van der Waals surface area contributed by atoms with Gasteiger partial charge in [0.15, 0.2) is 0 Å².